The van der Waals surface area contributed by atoms with Crippen LogP contribution in [0, 0.1) is 0 Å². The van der Waals surface area contributed by atoms with Crippen molar-refractivity contribution < 1.29 is 9.53 Å². The van der Waals surface area contributed by atoms with Crippen LogP contribution >= 0.6 is 11.6 Å². The normalized spacial score (nSPS) is 10.2. The monoisotopic (exact) mass is 299 g/mol. The summed E-state index contributed by atoms with van der Waals surface area (Å²) in [5, 5.41) is 9.69. The van der Waals surface area contributed by atoms with Crippen LogP contribution in [0.4, 0.5) is 5.69 Å². The molecule has 0 saturated carbocycles. The van der Waals surface area contributed by atoms with Crippen LogP contribution in [0.1, 0.15) is 12.8 Å². The van der Waals surface area contributed by atoms with Gasteiger partial charge in [-0.3, -0.25) is 4.79 Å². The second kappa shape index (κ2) is 9.44. The van der Waals surface area contributed by atoms with Gasteiger partial charge in [0, 0.05) is 24.5 Å². The van der Waals surface area contributed by atoms with Gasteiger partial charge in [-0.25, -0.2) is 0 Å². The van der Waals surface area contributed by atoms with E-state index in [-0.39, 0.29) is 5.91 Å². The maximum Gasteiger partial charge on any atom is 0.221 e. The fourth-order valence-electron chi connectivity index (χ4n) is 1.71. The van der Waals surface area contributed by atoms with Gasteiger partial charge in [0.25, 0.3) is 0 Å². The van der Waals surface area contributed by atoms with Crippen molar-refractivity contribution in [1.29, 1.82) is 0 Å². The van der Waals surface area contributed by atoms with Gasteiger partial charge < -0.3 is 20.7 Å². The summed E-state index contributed by atoms with van der Waals surface area (Å²) in [6.45, 7) is 2.13. The third-order valence-corrected chi connectivity index (χ3v) is 2.99. The molecule has 1 aromatic rings. The van der Waals surface area contributed by atoms with E-state index >= 15 is 0 Å². The summed E-state index contributed by atoms with van der Waals surface area (Å²) in [4.78, 5) is 11.6. The van der Waals surface area contributed by atoms with Gasteiger partial charge in [-0.05, 0) is 38.2 Å². The molecule has 1 rings (SSSR count). The molecule has 0 bridgehead atoms. The van der Waals surface area contributed by atoms with E-state index in [1.165, 1.54) is 0 Å². The van der Waals surface area contributed by atoms with Crippen molar-refractivity contribution in [2.75, 3.05) is 39.1 Å². The molecule has 5 nitrogen and oxygen atoms in total. The number of hydrogen-bond donors (Lipinski definition) is 3. The predicted molar refractivity (Wildman–Crippen MR) is 82.7 cm³/mol. The summed E-state index contributed by atoms with van der Waals surface area (Å²) in [6, 6.07) is 5.34. The van der Waals surface area contributed by atoms with Gasteiger partial charge in [0.15, 0.2) is 0 Å². The summed E-state index contributed by atoms with van der Waals surface area (Å²) < 4.78 is 5.22. The summed E-state index contributed by atoms with van der Waals surface area (Å²) in [6.07, 6.45) is 1.34. The minimum atomic E-state index is 0.0367. The molecule has 0 saturated heterocycles. The van der Waals surface area contributed by atoms with E-state index in [1.807, 2.05) is 7.05 Å². The second-order valence-electron chi connectivity index (χ2n) is 4.33. The highest BCUT2D eigenvalue weighted by Gasteiger charge is 2.05. The van der Waals surface area contributed by atoms with Gasteiger partial charge in [-0.15, -0.1) is 0 Å². The molecule has 0 aliphatic rings. The Labute approximate surface area is 125 Å². The van der Waals surface area contributed by atoms with Crippen LogP contribution in [0.15, 0.2) is 18.2 Å². The molecule has 0 aliphatic heterocycles. The fraction of sp³-hybridized carbons (Fsp3) is 0.500. The van der Waals surface area contributed by atoms with Crippen molar-refractivity contribution in [3.63, 3.8) is 0 Å². The first-order valence-corrected chi connectivity index (χ1v) is 7.04. The van der Waals surface area contributed by atoms with Crippen molar-refractivity contribution in [3.8, 4) is 5.75 Å². The summed E-state index contributed by atoms with van der Waals surface area (Å²) in [5.74, 6) is 0.749. The Morgan fingerprint density at radius 1 is 1.30 bits per heavy atom. The van der Waals surface area contributed by atoms with E-state index in [0.717, 1.165) is 18.7 Å². The minimum Gasteiger partial charge on any atom is -0.495 e. The zero-order valence-electron chi connectivity index (χ0n) is 12.0. The number of anilines is 1. The van der Waals surface area contributed by atoms with Crippen LogP contribution in [-0.4, -0.2) is 39.7 Å². The molecule has 0 unspecified atom stereocenters. The highest BCUT2D eigenvalue weighted by molar-refractivity contribution is 6.30. The maximum atomic E-state index is 11.6. The number of methoxy groups -OCH3 is 1. The zero-order valence-corrected chi connectivity index (χ0v) is 12.7. The van der Waals surface area contributed by atoms with Gasteiger partial charge in [-0.2, -0.15) is 0 Å². The average molecular weight is 300 g/mol. The van der Waals surface area contributed by atoms with Crippen molar-refractivity contribution in [2.24, 2.45) is 0 Å². The van der Waals surface area contributed by atoms with E-state index in [9.17, 15) is 4.79 Å². The van der Waals surface area contributed by atoms with Crippen molar-refractivity contribution in [1.82, 2.24) is 10.6 Å². The lowest BCUT2D eigenvalue weighted by Crippen LogP contribution is -2.28. The van der Waals surface area contributed by atoms with Gasteiger partial charge in [0.05, 0.1) is 12.8 Å². The molecule has 0 aromatic heterocycles. The molecule has 1 aromatic carbocycles. The first-order chi connectivity index (χ1) is 9.67. The van der Waals surface area contributed by atoms with Crippen molar-refractivity contribution in [2.45, 2.75) is 12.8 Å². The zero-order chi connectivity index (χ0) is 14.8. The van der Waals surface area contributed by atoms with E-state index in [0.29, 0.717) is 30.3 Å². The lowest BCUT2D eigenvalue weighted by atomic mass is 10.2. The molecular weight excluding hydrogens is 278 g/mol. The fourth-order valence-corrected chi connectivity index (χ4v) is 1.88. The standard InChI is InChI=1S/C14H22ClN3O2/c1-16-7-3-8-18-14(19)6-9-17-12-10-11(15)4-5-13(12)20-2/h4-5,10,16-17H,3,6-9H2,1-2H3,(H,18,19). The van der Waals surface area contributed by atoms with Gasteiger partial charge in [0.2, 0.25) is 5.91 Å². The largest absolute Gasteiger partial charge is 0.495 e. The maximum absolute atomic E-state index is 11.6. The summed E-state index contributed by atoms with van der Waals surface area (Å²) in [5.41, 5.74) is 0.794. The van der Waals surface area contributed by atoms with Crippen LogP contribution in [0.25, 0.3) is 0 Å². The van der Waals surface area contributed by atoms with Crippen LogP contribution < -0.4 is 20.7 Å². The Kier molecular flexibility index (Phi) is 7.84. The average Bonchev–Trinajstić information content (AvgIpc) is 2.44. The third kappa shape index (κ3) is 6.12. The van der Waals surface area contributed by atoms with E-state index in [1.54, 1.807) is 25.3 Å². The molecular formula is C14H22ClN3O2. The highest BCUT2D eigenvalue weighted by atomic mass is 35.5. The van der Waals surface area contributed by atoms with Crippen LogP contribution in [-0.2, 0) is 4.79 Å². The number of benzene rings is 1. The minimum absolute atomic E-state index is 0.0367. The van der Waals surface area contributed by atoms with E-state index in [2.05, 4.69) is 16.0 Å². The summed E-state index contributed by atoms with van der Waals surface area (Å²) in [7, 11) is 3.49. The van der Waals surface area contributed by atoms with Gasteiger partial charge >= 0.3 is 0 Å². The number of hydrogen-bond acceptors (Lipinski definition) is 4. The van der Waals surface area contributed by atoms with Crippen molar-refractivity contribution in [3.05, 3.63) is 23.2 Å². The molecule has 6 heteroatoms. The topological polar surface area (TPSA) is 62.4 Å². The molecule has 20 heavy (non-hydrogen) atoms. The Morgan fingerprint density at radius 2 is 2.10 bits per heavy atom. The van der Waals surface area contributed by atoms with E-state index in [4.69, 9.17) is 16.3 Å². The SMILES string of the molecule is CNCCCNC(=O)CCNc1cc(Cl)ccc1OC. The Morgan fingerprint density at radius 3 is 2.80 bits per heavy atom. The highest BCUT2D eigenvalue weighted by Crippen LogP contribution is 2.27. The molecule has 0 spiro atoms. The quantitative estimate of drug-likeness (QED) is 0.609. The molecule has 112 valence electrons. The van der Waals surface area contributed by atoms with E-state index < -0.39 is 0 Å². The molecule has 0 aliphatic carbocycles. The van der Waals surface area contributed by atoms with Crippen LogP contribution in [0.3, 0.4) is 0 Å². The van der Waals surface area contributed by atoms with Gasteiger partial charge in [-0.1, -0.05) is 11.6 Å². The number of amides is 1. The lowest BCUT2D eigenvalue weighted by Gasteiger charge is -2.11. The Bertz CT molecular complexity index is 427. The number of carbonyl (C=O) groups is 1. The van der Waals surface area contributed by atoms with Crippen LogP contribution in [0.5, 0.6) is 5.75 Å². The molecule has 0 heterocycles. The van der Waals surface area contributed by atoms with Crippen molar-refractivity contribution >= 4 is 23.2 Å². The number of nitrogens with one attached hydrogen (secondary N) is 3. The Hall–Kier alpha value is -1.46. The third-order valence-electron chi connectivity index (χ3n) is 2.75. The number of rotatable bonds is 9. The smallest absolute Gasteiger partial charge is 0.221 e. The van der Waals surface area contributed by atoms with Crippen LogP contribution in [0.2, 0.25) is 5.02 Å². The molecule has 3 N–H and O–H groups in total. The summed E-state index contributed by atoms with van der Waals surface area (Å²) >= 11 is 5.93. The molecule has 0 radical (unpaired) electrons. The molecule has 0 atom stereocenters. The number of halogens is 1. The number of carbonyl (C=O) groups excluding carboxylic acids is 1. The lowest BCUT2D eigenvalue weighted by molar-refractivity contribution is -0.120. The predicted octanol–water partition coefficient (Wildman–Crippen LogP) is 1.88. The van der Waals surface area contributed by atoms with Gasteiger partial charge in [0.1, 0.15) is 5.75 Å². The molecule has 0 fully saturated rings. The first kappa shape index (κ1) is 16.6. The molecule has 1 amide bonds. The Balaban J connectivity index is 2.29. The number of ether oxygens (including phenoxy) is 1. The second-order valence-corrected chi connectivity index (χ2v) is 4.76. The first-order valence-electron chi connectivity index (χ1n) is 6.66.